The van der Waals surface area contributed by atoms with Crippen molar-refractivity contribution in [2.24, 2.45) is 0 Å². The van der Waals surface area contributed by atoms with Gasteiger partial charge in [0.2, 0.25) is 0 Å². The molecule has 0 fully saturated rings. The number of benzene rings is 2. The number of nitrogens with two attached hydrogens (primary N) is 1. The summed E-state index contributed by atoms with van der Waals surface area (Å²) in [7, 11) is -3.89. The molecule has 2 aromatic carbocycles. The molecule has 0 aliphatic heterocycles. The fourth-order valence-corrected chi connectivity index (χ4v) is 4.50. The first-order valence-corrected chi connectivity index (χ1v) is 9.25. The second-order valence-electron chi connectivity index (χ2n) is 4.04. The molecule has 21 heavy (non-hydrogen) atoms. The highest BCUT2D eigenvalue weighted by atomic mass is 79.9. The average Bonchev–Trinajstić information content (AvgIpc) is 2.37. The molecule has 3 N–H and O–H groups in total. The molecule has 9 heteroatoms. The molecule has 2 rings (SSSR count). The summed E-state index contributed by atoms with van der Waals surface area (Å²) in [5, 5.41) is 0.490. The van der Waals surface area contributed by atoms with Crippen LogP contribution in [0.1, 0.15) is 0 Å². The number of nitrogens with one attached hydrogen (secondary N) is 1. The summed E-state index contributed by atoms with van der Waals surface area (Å²) in [6, 6.07) is 7.59. The third kappa shape index (κ3) is 3.84. The highest BCUT2D eigenvalue weighted by Gasteiger charge is 2.21. The van der Waals surface area contributed by atoms with Crippen LogP contribution in [-0.2, 0) is 10.0 Å². The van der Waals surface area contributed by atoms with Gasteiger partial charge in [0.1, 0.15) is 4.90 Å². The molecule has 2 aromatic rings. The second-order valence-corrected chi connectivity index (χ2v) is 8.24. The molecular weight excluding hydrogens is 467 g/mol. The number of halogens is 4. The number of rotatable bonds is 3. The topological polar surface area (TPSA) is 72.2 Å². The first-order valence-electron chi connectivity index (χ1n) is 5.43. The summed E-state index contributed by atoms with van der Waals surface area (Å²) < 4.78 is 28.3. The Morgan fingerprint density at radius 2 is 1.76 bits per heavy atom. The quantitative estimate of drug-likeness (QED) is 0.621. The van der Waals surface area contributed by atoms with Crippen molar-refractivity contribution in [2.75, 3.05) is 10.5 Å². The number of sulfonamides is 1. The van der Waals surface area contributed by atoms with Gasteiger partial charge in [0.15, 0.2) is 0 Å². The standard InChI is InChI=1S/C12H8Br2Cl2N2O2S/c13-6-1-2-8(16)10(3-6)18-21(19,20)11-5-7(15)4-9(17)12(11)14/h1-5,18H,17H2. The summed E-state index contributed by atoms with van der Waals surface area (Å²) in [4.78, 5) is -0.0662. The molecule has 0 aliphatic carbocycles. The van der Waals surface area contributed by atoms with Crippen molar-refractivity contribution >= 4 is 76.5 Å². The van der Waals surface area contributed by atoms with Gasteiger partial charge in [0.25, 0.3) is 10.0 Å². The van der Waals surface area contributed by atoms with Crippen molar-refractivity contribution in [2.45, 2.75) is 4.90 Å². The van der Waals surface area contributed by atoms with Crippen LogP contribution >= 0.6 is 55.1 Å². The van der Waals surface area contributed by atoms with E-state index in [2.05, 4.69) is 36.6 Å². The Morgan fingerprint density at radius 1 is 1.10 bits per heavy atom. The van der Waals surface area contributed by atoms with Crippen LogP contribution in [0.2, 0.25) is 10.0 Å². The van der Waals surface area contributed by atoms with Crippen molar-refractivity contribution < 1.29 is 8.42 Å². The van der Waals surface area contributed by atoms with Gasteiger partial charge in [0, 0.05) is 15.2 Å². The maximum Gasteiger partial charge on any atom is 0.263 e. The minimum Gasteiger partial charge on any atom is -0.398 e. The van der Waals surface area contributed by atoms with Gasteiger partial charge in [-0.2, -0.15) is 0 Å². The van der Waals surface area contributed by atoms with Crippen molar-refractivity contribution in [3.05, 3.63) is 49.3 Å². The third-order valence-corrected chi connectivity index (χ3v) is 6.07. The number of anilines is 2. The molecule has 0 unspecified atom stereocenters. The van der Waals surface area contributed by atoms with Gasteiger partial charge in [-0.25, -0.2) is 8.42 Å². The number of hydrogen-bond donors (Lipinski definition) is 2. The molecule has 4 nitrogen and oxygen atoms in total. The second kappa shape index (κ2) is 6.34. The fourth-order valence-electron chi connectivity index (χ4n) is 1.56. The van der Waals surface area contributed by atoms with Crippen LogP contribution in [0.15, 0.2) is 44.2 Å². The van der Waals surface area contributed by atoms with Gasteiger partial charge in [-0.1, -0.05) is 39.1 Å². The highest BCUT2D eigenvalue weighted by molar-refractivity contribution is 9.10. The predicted molar refractivity (Wildman–Crippen MR) is 93.5 cm³/mol. The van der Waals surface area contributed by atoms with Gasteiger partial charge in [-0.05, 0) is 46.3 Å². The van der Waals surface area contributed by atoms with E-state index in [1.54, 1.807) is 18.2 Å². The lowest BCUT2D eigenvalue weighted by Gasteiger charge is -2.12. The Morgan fingerprint density at radius 3 is 2.43 bits per heavy atom. The normalized spacial score (nSPS) is 11.4. The van der Waals surface area contributed by atoms with Crippen LogP contribution in [0.25, 0.3) is 0 Å². The van der Waals surface area contributed by atoms with E-state index in [1.165, 1.54) is 12.1 Å². The van der Waals surface area contributed by atoms with Crippen molar-refractivity contribution in [1.82, 2.24) is 0 Å². The Labute approximate surface area is 148 Å². The van der Waals surface area contributed by atoms with Crippen molar-refractivity contribution in [3.63, 3.8) is 0 Å². The lowest BCUT2D eigenvalue weighted by atomic mass is 10.3. The Kier molecular flexibility index (Phi) is 5.10. The molecule has 0 saturated carbocycles. The molecule has 0 amide bonds. The van der Waals surface area contributed by atoms with Gasteiger partial charge in [-0.3, -0.25) is 4.72 Å². The lowest BCUT2D eigenvalue weighted by molar-refractivity contribution is 0.601. The molecule has 0 atom stereocenters. The maximum absolute atomic E-state index is 12.5. The summed E-state index contributed by atoms with van der Waals surface area (Å²) in [5.41, 5.74) is 6.18. The molecule has 0 aliphatic rings. The van der Waals surface area contributed by atoms with E-state index in [-0.39, 0.29) is 30.8 Å². The first kappa shape index (κ1) is 16.9. The zero-order valence-electron chi connectivity index (χ0n) is 10.2. The number of hydrogen-bond acceptors (Lipinski definition) is 3. The highest BCUT2D eigenvalue weighted by Crippen LogP contribution is 2.34. The van der Waals surface area contributed by atoms with E-state index in [4.69, 9.17) is 28.9 Å². The molecule has 0 radical (unpaired) electrons. The Bertz CT molecular complexity index is 813. The lowest BCUT2D eigenvalue weighted by Crippen LogP contribution is -2.14. The monoisotopic (exact) mass is 472 g/mol. The zero-order chi connectivity index (χ0) is 15.8. The van der Waals surface area contributed by atoms with Crippen molar-refractivity contribution in [3.8, 4) is 0 Å². The van der Waals surface area contributed by atoms with E-state index >= 15 is 0 Å². The zero-order valence-corrected chi connectivity index (χ0v) is 15.7. The van der Waals surface area contributed by atoms with Crippen LogP contribution in [0.4, 0.5) is 11.4 Å². The Hall–Kier alpha value is -0.470. The minimum atomic E-state index is -3.89. The molecular formula is C12H8Br2Cl2N2O2S. The summed E-state index contributed by atoms with van der Waals surface area (Å²) in [6.07, 6.45) is 0. The summed E-state index contributed by atoms with van der Waals surface area (Å²) in [5.74, 6) is 0. The fraction of sp³-hybridized carbons (Fsp3) is 0. The molecule has 0 bridgehead atoms. The van der Waals surface area contributed by atoms with Crippen molar-refractivity contribution in [1.29, 1.82) is 0 Å². The van der Waals surface area contributed by atoms with E-state index < -0.39 is 10.0 Å². The van der Waals surface area contributed by atoms with Crippen LogP contribution in [0, 0.1) is 0 Å². The predicted octanol–water partition coefficient (Wildman–Crippen LogP) is 4.90. The van der Waals surface area contributed by atoms with E-state index in [0.717, 1.165) is 0 Å². The Balaban J connectivity index is 2.51. The minimum absolute atomic E-state index is 0.0662. The maximum atomic E-state index is 12.5. The van der Waals surface area contributed by atoms with Crippen LogP contribution in [0.3, 0.4) is 0 Å². The smallest absolute Gasteiger partial charge is 0.263 e. The van der Waals surface area contributed by atoms with Crippen LogP contribution in [-0.4, -0.2) is 8.42 Å². The summed E-state index contributed by atoms with van der Waals surface area (Å²) in [6.45, 7) is 0. The average molecular weight is 475 g/mol. The van der Waals surface area contributed by atoms with Gasteiger partial charge >= 0.3 is 0 Å². The summed E-state index contributed by atoms with van der Waals surface area (Å²) >= 11 is 18.2. The van der Waals surface area contributed by atoms with Crippen LogP contribution in [0.5, 0.6) is 0 Å². The van der Waals surface area contributed by atoms with E-state index in [9.17, 15) is 8.42 Å². The van der Waals surface area contributed by atoms with Gasteiger partial charge in [-0.15, -0.1) is 0 Å². The molecule has 0 aromatic heterocycles. The van der Waals surface area contributed by atoms with E-state index in [1.807, 2.05) is 0 Å². The van der Waals surface area contributed by atoms with Gasteiger partial charge in [0.05, 0.1) is 15.2 Å². The largest absolute Gasteiger partial charge is 0.398 e. The molecule has 112 valence electrons. The van der Waals surface area contributed by atoms with Gasteiger partial charge < -0.3 is 5.73 Å². The van der Waals surface area contributed by atoms with Crippen LogP contribution < -0.4 is 10.5 Å². The third-order valence-electron chi connectivity index (χ3n) is 2.49. The molecule has 0 spiro atoms. The molecule has 0 heterocycles. The SMILES string of the molecule is Nc1cc(Cl)cc(S(=O)(=O)Nc2cc(Br)ccc2Cl)c1Br. The molecule has 0 saturated heterocycles. The van der Waals surface area contributed by atoms with E-state index in [0.29, 0.717) is 4.47 Å². The number of nitrogen functional groups attached to an aromatic ring is 1. The first-order chi connectivity index (χ1) is 9.70.